The summed E-state index contributed by atoms with van der Waals surface area (Å²) in [5.74, 6) is -0.151. The van der Waals surface area contributed by atoms with Crippen LogP contribution in [0.4, 0.5) is 0 Å². The van der Waals surface area contributed by atoms with Gasteiger partial charge in [-0.25, -0.2) is 8.42 Å². The largest absolute Gasteiger partial charge is 0.354 e. The number of hydrogen-bond donors (Lipinski definition) is 2. The minimum absolute atomic E-state index is 0. The highest BCUT2D eigenvalue weighted by Crippen LogP contribution is 2.25. The molecule has 1 atom stereocenters. The summed E-state index contributed by atoms with van der Waals surface area (Å²) in [5.41, 5.74) is 5.34. The molecule has 1 saturated heterocycles. The minimum atomic E-state index is -3.59. The third-order valence-electron chi connectivity index (χ3n) is 3.90. The number of rotatable bonds is 6. The second kappa shape index (κ2) is 9.58. The number of carbonyl (C=O) groups is 1. The predicted octanol–water partition coefficient (Wildman–Crippen LogP) is 1.77. The standard InChI is InChI=1S/C15H22ClN3O3S.ClH/c16-12-4-6-14(7-5-12)23(21,22)19-10-2-1-3-13(19)11-18-15(20)8-9-17;/h4-7,13H,1-3,8-11,17H2,(H,18,20);1H. The van der Waals surface area contributed by atoms with Gasteiger partial charge in [0, 0.05) is 37.1 Å². The fourth-order valence-electron chi connectivity index (χ4n) is 2.69. The maximum absolute atomic E-state index is 12.8. The Morgan fingerprint density at radius 3 is 2.58 bits per heavy atom. The van der Waals surface area contributed by atoms with Crippen molar-refractivity contribution in [3.05, 3.63) is 29.3 Å². The predicted molar refractivity (Wildman–Crippen MR) is 96.9 cm³/mol. The summed E-state index contributed by atoms with van der Waals surface area (Å²) < 4.78 is 27.1. The highest BCUT2D eigenvalue weighted by Gasteiger charge is 2.33. The fraction of sp³-hybridized carbons (Fsp3) is 0.533. The maximum atomic E-state index is 12.8. The zero-order chi connectivity index (χ0) is 16.9. The van der Waals surface area contributed by atoms with Crippen molar-refractivity contribution in [2.24, 2.45) is 5.73 Å². The SMILES string of the molecule is Cl.NCCC(=O)NCC1CCCCN1S(=O)(=O)c1ccc(Cl)cc1. The van der Waals surface area contributed by atoms with E-state index in [-0.39, 0.29) is 42.2 Å². The molecule has 1 fully saturated rings. The minimum Gasteiger partial charge on any atom is -0.354 e. The molecular weight excluding hydrogens is 373 g/mol. The van der Waals surface area contributed by atoms with Gasteiger partial charge >= 0.3 is 0 Å². The molecule has 1 aliphatic rings. The average molecular weight is 396 g/mol. The Kier molecular flexibility index (Phi) is 8.45. The van der Waals surface area contributed by atoms with Gasteiger partial charge in [-0.2, -0.15) is 4.31 Å². The van der Waals surface area contributed by atoms with Gasteiger partial charge < -0.3 is 11.1 Å². The number of nitrogens with one attached hydrogen (secondary N) is 1. The zero-order valence-corrected chi connectivity index (χ0v) is 15.7. The first-order valence-corrected chi connectivity index (χ1v) is 9.51. The molecule has 0 aliphatic carbocycles. The highest BCUT2D eigenvalue weighted by molar-refractivity contribution is 7.89. The summed E-state index contributed by atoms with van der Waals surface area (Å²) >= 11 is 5.82. The summed E-state index contributed by atoms with van der Waals surface area (Å²) in [6, 6.07) is 5.92. The van der Waals surface area contributed by atoms with E-state index in [4.69, 9.17) is 17.3 Å². The van der Waals surface area contributed by atoms with Crippen LogP contribution in [0.5, 0.6) is 0 Å². The van der Waals surface area contributed by atoms with Crippen LogP contribution in [-0.4, -0.2) is 44.3 Å². The Balaban J connectivity index is 0.00000288. The first kappa shape index (κ1) is 21.2. The van der Waals surface area contributed by atoms with Crippen molar-refractivity contribution in [3.8, 4) is 0 Å². The summed E-state index contributed by atoms with van der Waals surface area (Å²) in [5, 5.41) is 3.26. The summed E-state index contributed by atoms with van der Waals surface area (Å²) in [6.07, 6.45) is 2.75. The third-order valence-corrected chi connectivity index (χ3v) is 6.12. The van der Waals surface area contributed by atoms with Crippen molar-refractivity contribution in [1.29, 1.82) is 0 Å². The molecule has 0 aromatic heterocycles. The van der Waals surface area contributed by atoms with Gasteiger partial charge in [-0.15, -0.1) is 12.4 Å². The third kappa shape index (κ3) is 5.32. The van der Waals surface area contributed by atoms with E-state index in [1.54, 1.807) is 12.1 Å². The molecule has 3 N–H and O–H groups in total. The van der Waals surface area contributed by atoms with Gasteiger partial charge in [-0.1, -0.05) is 18.0 Å². The van der Waals surface area contributed by atoms with E-state index < -0.39 is 10.0 Å². The van der Waals surface area contributed by atoms with Gasteiger partial charge in [0.1, 0.15) is 0 Å². The number of nitrogens with zero attached hydrogens (tertiary/aromatic N) is 1. The van der Waals surface area contributed by atoms with Crippen molar-refractivity contribution in [2.45, 2.75) is 36.6 Å². The molecule has 0 spiro atoms. The molecule has 2 rings (SSSR count). The number of piperidine rings is 1. The zero-order valence-electron chi connectivity index (χ0n) is 13.3. The van der Waals surface area contributed by atoms with E-state index in [1.165, 1.54) is 16.4 Å². The van der Waals surface area contributed by atoms with Crippen LogP contribution >= 0.6 is 24.0 Å². The molecule has 24 heavy (non-hydrogen) atoms. The van der Waals surface area contributed by atoms with Crippen LogP contribution in [0.3, 0.4) is 0 Å². The Bertz CT molecular complexity index is 638. The van der Waals surface area contributed by atoms with Crippen molar-refractivity contribution in [1.82, 2.24) is 9.62 Å². The van der Waals surface area contributed by atoms with Crippen LogP contribution < -0.4 is 11.1 Å². The van der Waals surface area contributed by atoms with E-state index in [2.05, 4.69) is 5.32 Å². The molecule has 9 heteroatoms. The highest BCUT2D eigenvalue weighted by atomic mass is 35.5. The van der Waals surface area contributed by atoms with Crippen molar-refractivity contribution in [3.63, 3.8) is 0 Å². The fourth-order valence-corrected chi connectivity index (χ4v) is 4.51. The van der Waals surface area contributed by atoms with Gasteiger partial charge in [0.25, 0.3) is 0 Å². The van der Waals surface area contributed by atoms with E-state index in [1.807, 2.05) is 0 Å². The van der Waals surface area contributed by atoms with Crippen LogP contribution in [0, 0.1) is 0 Å². The Morgan fingerprint density at radius 2 is 1.96 bits per heavy atom. The topological polar surface area (TPSA) is 92.5 Å². The smallest absolute Gasteiger partial charge is 0.243 e. The van der Waals surface area contributed by atoms with Crippen LogP contribution in [0.15, 0.2) is 29.2 Å². The molecule has 1 heterocycles. The van der Waals surface area contributed by atoms with Crippen molar-refractivity contribution >= 4 is 39.9 Å². The first-order chi connectivity index (χ1) is 10.9. The monoisotopic (exact) mass is 395 g/mol. The molecule has 1 aromatic carbocycles. The van der Waals surface area contributed by atoms with E-state index in [9.17, 15) is 13.2 Å². The molecule has 1 aromatic rings. The number of carbonyl (C=O) groups excluding carboxylic acids is 1. The van der Waals surface area contributed by atoms with Gasteiger partial charge in [-0.3, -0.25) is 4.79 Å². The van der Waals surface area contributed by atoms with E-state index in [0.29, 0.717) is 18.1 Å². The Labute approximate surface area is 154 Å². The second-order valence-corrected chi connectivity index (χ2v) is 7.89. The van der Waals surface area contributed by atoms with Gasteiger partial charge in [0.15, 0.2) is 0 Å². The maximum Gasteiger partial charge on any atom is 0.243 e. The van der Waals surface area contributed by atoms with Gasteiger partial charge in [-0.05, 0) is 37.1 Å². The molecular formula is C15H23Cl2N3O3S. The van der Waals surface area contributed by atoms with Crippen LogP contribution in [-0.2, 0) is 14.8 Å². The Hall–Kier alpha value is -0.860. The summed E-state index contributed by atoms with van der Waals surface area (Å²) in [7, 11) is -3.59. The number of amides is 1. The molecule has 136 valence electrons. The molecule has 1 amide bonds. The van der Waals surface area contributed by atoms with Crippen LogP contribution in [0.2, 0.25) is 5.02 Å². The summed E-state index contributed by atoms with van der Waals surface area (Å²) in [4.78, 5) is 11.8. The summed E-state index contributed by atoms with van der Waals surface area (Å²) in [6.45, 7) is 1.05. The molecule has 6 nitrogen and oxygen atoms in total. The lowest BCUT2D eigenvalue weighted by Crippen LogP contribution is -2.49. The molecule has 0 saturated carbocycles. The first-order valence-electron chi connectivity index (χ1n) is 7.69. The van der Waals surface area contributed by atoms with Gasteiger partial charge in [0.05, 0.1) is 4.90 Å². The van der Waals surface area contributed by atoms with E-state index in [0.717, 1.165) is 19.3 Å². The van der Waals surface area contributed by atoms with Crippen molar-refractivity contribution < 1.29 is 13.2 Å². The molecule has 0 bridgehead atoms. The number of hydrogen-bond acceptors (Lipinski definition) is 4. The van der Waals surface area contributed by atoms with Crippen LogP contribution in [0.1, 0.15) is 25.7 Å². The molecule has 1 aliphatic heterocycles. The van der Waals surface area contributed by atoms with Crippen LogP contribution in [0.25, 0.3) is 0 Å². The Morgan fingerprint density at radius 1 is 1.29 bits per heavy atom. The van der Waals surface area contributed by atoms with E-state index >= 15 is 0 Å². The number of benzene rings is 1. The molecule has 1 unspecified atom stereocenters. The number of sulfonamides is 1. The quantitative estimate of drug-likeness (QED) is 0.767. The lowest BCUT2D eigenvalue weighted by molar-refractivity contribution is -0.121. The number of nitrogens with two attached hydrogens (primary N) is 1. The van der Waals surface area contributed by atoms with Gasteiger partial charge in [0.2, 0.25) is 15.9 Å². The van der Waals surface area contributed by atoms with Crippen molar-refractivity contribution in [2.75, 3.05) is 19.6 Å². The average Bonchev–Trinajstić information content (AvgIpc) is 2.54. The lowest BCUT2D eigenvalue weighted by atomic mass is 10.1. The number of halogens is 2. The molecule has 0 radical (unpaired) electrons. The second-order valence-electron chi connectivity index (χ2n) is 5.56. The lowest BCUT2D eigenvalue weighted by Gasteiger charge is -2.34. The normalized spacial score (nSPS) is 18.7.